The summed E-state index contributed by atoms with van der Waals surface area (Å²) in [6.45, 7) is 6.72. The molecule has 0 unspecified atom stereocenters. The molecule has 0 saturated carbocycles. The van der Waals surface area contributed by atoms with Crippen LogP contribution in [0, 0.1) is 23.0 Å². The lowest BCUT2D eigenvalue weighted by molar-refractivity contribution is -0.385. The third kappa shape index (κ3) is 5.80. The number of benzene rings is 1. The average Bonchev–Trinajstić information content (AvgIpc) is 2.19. The Labute approximate surface area is 90.3 Å². The molecule has 0 heterocycles. The standard InChI is InChI=1S/C7H7NO2.C4H11N/c1-6-4-2-3-5-7(6)8(9)10;1-4(2)3-5/h2-5H,1H3;4H,3,5H2,1-2H3. The summed E-state index contributed by atoms with van der Waals surface area (Å²) in [6.07, 6.45) is 0. The molecule has 4 nitrogen and oxygen atoms in total. The van der Waals surface area contributed by atoms with Crippen LogP contribution in [0.5, 0.6) is 0 Å². The molecular weight excluding hydrogens is 192 g/mol. The van der Waals surface area contributed by atoms with Crippen molar-refractivity contribution in [1.29, 1.82) is 0 Å². The Kier molecular flexibility index (Phi) is 6.29. The molecule has 0 spiro atoms. The third-order valence-corrected chi connectivity index (χ3v) is 1.78. The summed E-state index contributed by atoms with van der Waals surface area (Å²) in [4.78, 5) is 9.85. The van der Waals surface area contributed by atoms with Crippen molar-refractivity contribution in [3.63, 3.8) is 0 Å². The minimum Gasteiger partial charge on any atom is -0.330 e. The molecule has 0 atom stereocenters. The van der Waals surface area contributed by atoms with Crippen LogP contribution in [0.1, 0.15) is 19.4 Å². The van der Waals surface area contributed by atoms with Crippen LogP contribution in [0.4, 0.5) is 5.69 Å². The zero-order valence-electron chi connectivity index (χ0n) is 9.43. The van der Waals surface area contributed by atoms with Gasteiger partial charge in [-0.2, -0.15) is 0 Å². The van der Waals surface area contributed by atoms with Crippen molar-refractivity contribution < 1.29 is 4.92 Å². The van der Waals surface area contributed by atoms with E-state index in [-0.39, 0.29) is 10.6 Å². The number of nitrogens with two attached hydrogens (primary N) is 1. The van der Waals surface area contributed by atoms with Gasteiger partial charge in [-0.15, -0.1) is 0 Å². The van der Waals surface area contributed by atoms with Gasteiger partial charge in [-0.25, -0.2) is 0 Å². The molecular formula is C11H18N2O2. The van der Waals surface area contributed by atoms with Crippen molar-refractivity contribution in [2.45, 2.75) is 20.8 Å². The molecule has 0 amide bonds. The summed E-state index contributed by atoms with van der Waals surface area (Å²) in [5, 5.41) is 10.2. The first-order valence-corrected chi connectivity index (χ1v) is 4.89. The molecule has 1 rings (SSSR count). The van der Waals surface area contributed by atoms with Gasteiger partial charge >= 0.3 is 0 Å². The van der Waals surface area contributed by atoms with Gasteiger partial charge in [0.05, 0.1) is 4.92 Å². The number of hydrogen-bond acceptors (Lipinski definition) is 3. The maximum absolute atomic E-state index is 10.2. The number of hydrogen-bond donors (Lipinski definition) is 1. The molecule has 0 aliphatic carbocycles. The second-order valence-electron chi connectivity index (χ2n) is 3.67. The molecule has 84 valence electrons. The van der Waals surface area contributed by atoms with E-state index in [9.17, 15) is 10.1 Å². The van der Waals surface area contributed by atoms with E-state index < -0.39 is 0 Å². The van der Waals surface area contributed by atoms with Crippen molar-refractivity contribution in [1.82, 2.24) is 0 Å². The van der Waals surface area contributed by atoms with Crippen LogP contribution in [-0.2, 0) is 0 Å². The van der Waals surface area contributed by atoms with Crippen molar-refractivity contribution >= 4 is 5.69 Å². The van der Waals surface area contributed by atoms with E-state index in [0.717, 1.165) is 6.54 Å². The minimum absolute atomic E-state index is 0.183. The van der Waals surface area contributed by atoms with Crippen LogP contribution in [0.2, 0.25) is 0 Å². The smallest absolute Gasteiger partial charge is 0.272 e. The molecule has 0 aliphatic heterocycles. The first-order chi connectivity index (χ1) is 6.99. The van der Waals surface area contributed by atoms with Crippen LogP contribution >= 0.6 is 0 Å². The van der Waals surface area contributed by atoms with Crippen LogP contribution in [0.25, 0.3) is 0 Å². The Morgan fingerprint density at radius 2 is 1.87 bits per heavy atom. The summed E-state index contributed by atoms with van der Waals surface area (Å²) >= 11 is 0. The zero-order valence-corrected chi connectivity index (χ0v) is 9.43. The van der Waals surface area contributed by atoms with E-state index in [0.29, 0.717) is 11.5 Å². The topological polar surface area (TPSA) is 69.2 Å². The molecule has 4 heteroatoms. The van der Waals surface area contributed by atoms with Gasteiger partial charge in [-0.1, -0.05) is 32.0 Å². The largest absolute Gasteiger partial charge is 0.330 e. The van der Waals surface area contributed by atoms with Gasteiger partial charge in [-0.05, 0) is 19.4 Å². The Bertz CT molecular complexity index is 311. The molecule has 2 N–H and O–H groups in total. The Hall–Kier alpha value is -1.42. The molecule has 1 aromatic rings. The lowest BCUT2D eigenvalue weighted by Crippen LogP contribution is -2.05. The lowest BCUT2D eigenvalue weighted by atomic mass is 10.2. The molecule has 0 fully saturated rings. The predicted octanol–water partition coefficient (Wildman–Crippen LogP) is 2.50. The normalized spacial score (nSPS) is 9.40. The Morgan fingerprint density at radius 1 is 1.40 bits per heavy atom. The van der Waals surface area contributed by atoms with Gasteiger partial charge in [0.1, 0.15) is 0 Å². The van der Waals surface area contributed by atoms with E-state index >= 15 is 0 Å². The van der Waals surface area contributed by atoms with Gasteiger partial charge in [-0.3, -0.25) is 10.1 Å². The molecule has 1 aromatic carbocycles. The predicted molar refractivity (Wildman–Crippen MR) is 61.7 cm³/mol. The van der Waals surface area contributed by atoms with Gasteiger partial charge < -0.3 is 5.73 Å². The van der Waals surface area contributed by atoms with Crippen molar-refractivity contribution in [2.75, 3.05) is 6.54 Å². The highest BCUT2D eigenvalue weighted by Crippen LogP contribution is 2.14. The number of aryl methyl sites for hydroxylation is 1. The van der Waals surface area contributed by atoms with E-state index in [1.165, 1.54) is 6.07 Å². The Balaban J connectivity index is 0.000000336. The first-order valence-electron chi connectivity index (χ1n) is 4.89. The fraction of sp³-hybridized carbons (Fsp3) is 0.455. The molecule has 0 bridgehead atoms. The SMILES string of the molecule is CC(C)CN.Cc1ccccc1[N+](=O)[O-]. The molecule has 0 aliphatic rings. The van der Waals surface area contributed by atoms with E-state index in [2.05, 4.69) is 13.8 Å². The van der Waals surface area contributed by atoms with Crippen molar-refractivity contribution in [3.05, 3.63) is 39.9 Å². The number of rotatable bonds is 2. The number of nitrogens with zero attached hydrogens (tertiary/aromatic N) is 1. The minimum atomic E-state index is -0.380. The molecule has 0 aromatic heterocycles. The zero-order chi connectivity index (χ0) is 11.8. The highest BCUT2D eigenvalue weighted by atomic mass is 16.6. The number of nitro benzene ring substituents is 1. The van der Waals surface area contributed by atoms with Crippen LogP contribution in [0.3, 0.4) is 0 Å². The molecule has 0 radical (unpaired) electrons. The van der Waals surface area contributed by atoms with Crippen LogP contribution in [0.15, 0.2) is 24.3 Å². The summed E-state index contributed by atoms with van der Waals surface area (Å²) in [5.41, 5.74) is 6.06. The van der Waals surface area contributed by atoms with E-state index in [4.69, 9.17) is 5.73 Å². The lowest BCUT2D eigenvalue weighted by Gasteiger charge is -1.92. The number of para-hydroxylation sites is 1. The van der Waals surface area contributed by atoms with Gasteiger partial charge in [0.25, 0.3) is 5.69 Å². The summed E-state index contributed by atoms with van der Waals surface area (Å²) in [6, 6.07) is 6.65. The number of nitro groups is 1. The van der Waals surface area contributed by atoms with Crippen molar-refractivity contribution in [2.24, 2.45) is 11.7 Å². The third-order valence-electron chi connectivity index (χ3n) is 1.78. The van der Waals surface area contributed by atoms with Crippen molar-refractivity contribution in [3.8, 4) is 0 Å². The summed E-state index contributed by atoms with van der Waals surface area (Å²) in [7, 11) is 0. The fourth-order valence-electron chi connectivity index (χ4n) is 0.768. The maximum Gasteiger partial charge on any atom is 0.272 e. The first kappa shape index (κ1) is 13.6. The van der Waals surface area contributed by atoms with E-state index in [1.807, 2.05) is 0 Å². The molecule has 15 heavy (non-hydrogen) atoms. The fourth-order valence-corrected chi connectivity index (χ4v) is 0.768. The highest BCUT2D eigenvalue weighted by Gasteiger charge is 2.05. The Morgan fingerprint density at radius 3 is 2.13 bits per heavy atom. The average molecular weight is 210 g/mol. The summed E-state index contributed by atoms with van der Waals surface area (Å²) in [5.74, 6) is 0.662. The van der Waals surface area contributed by atoms with Crippen LogP contribution < -0.4 is 5.73 Å². The second kappa shape index (κ2) is 6.95. The quantitative estimate of drug-likeness (QED) is 0.602. The van der Waals surface area contributed by atoms with Gasteiger partial charge in [0, 0.05) is 11.6 Å². The highest BCUT2D eigenvalue weighted by molar-refractivity contribution is 5.38. The molecule has 0 saturated heterocycles. The maximum atomic E-state index is 10.2. The summed E-state index contributed by atoms with van der Waals surface area (Å²) < 4.78 is 0. The van der Waals surface area contributed by atoms with E-state index in [1.54, 1.807) is 25.1 Å². The monoisotopic (exact) mass is 210 g/mol. The van der Waals surface area contributed by atoms with Gasteiger partial charge in [0.2, 0.25) is 0 Å². The van der Waals surface area contributed by atoms with Gasteiger partial charge in [0.15, 0.2) is 0 Å². The van der Waals surface area contributed by atoms with Crippen LogP contribution in [-0.4, -0.2) is 11.5 Å². The second-order valence-corrected chi connectivity index (χ2v) is 3.67.